The van der Waals surface area contributed by atoms with Crippen LogP contribution in [0.25, 0.3) is 0 Å². The molecule has 1 atom stereocenters. The molecule has 0 N–H and O–H groups in total. The summed E-state index contributed by atoms with van der Waals surface area (Å²) >= 11 is 10.1. The van der Waals surface area contributed by atoms with Gasteiger partial charge in [0, 0.05) is 10.9 Å². The Hall–Kier alpha value is -0.990. The van der Waals surface area contributed by atoms with Crippen LogP contribution in [0.15, 0.2) is 46.9 Å². The smallest absolute Gasteiger partial charge is 0.123 e. The molecule has 104 valence electrons. The number of alkyl halides is 1. The van der Waals surface area contributed by atoms with Crippen molar-refractivity contribution in [1.29, 1.82) is 0 Å². The number of halogens is 2. The van der Waals surface area contributed by atoms with E-state index in [1.165, 1.54) is 5.56 Å². The number of rotatable bonds is 2. The molecule has 2 aromatic rings. The number of hydrogen-bond donors (Lipinski definition) is 0. The summed E-state index contributed by atoms with van der Waals surface area (Å²) in [5.41, 5.74) is 3.34. The molecular weight excluding hydrogens is 336 g/mol. The highest BCUT2D eigenvalue weighted by Gasteiger charge is 2.30. The van der Waals surface area contributed by atoms with Gasteiger partial charge in [-0.2, -0.15) is 0 Å². The zero-order valence-corrected chi connectivity index (χ0v) is 13.8. The van der Waals surface area contributed by atoms with Crippen LogP contribution >= 0.6 is 27.5 Å². The maximum absolute atomic E-state index is 6.61. The molecule has 0 radical (unpaired) electrons. The fourth-order valence-corrected chi connectivity index (χ4v) is 3.33. The second kappa shape index (κ2) is 5.09. The van der Waals surface area contributed by atoms with Crippen molar-refractivity contribution < 1.29 is 4.74 Å². The lowest BCUT2D eigenvalue weighted by Crippen LogP contribution is -2.24. The Balaban J connectivity index is 1.93. The first-order chi connectivity index (χ1) is 9.44. The zero-order valence-electron chi connectivity index (χ0n) is 11.5. The molecular formula is C17H16BrClO. The van der Waals surface area contributed by atoms with Gasteiger partial charge in [-0.25, -0.2) is 0 Å². The quantitative estimate of drug-likeness (QED) is 0.650. The normalized spacial score (nSPS) is 17.4. The third kappa shape index (κ3) is 2.72. The van der Waals surface area contributed by atoms with Crippen LogP contribution < -0.4 is 4.74 Å². The molecule has 3 rings (SSSR count). The Morgan fingerprint density at radius 3 is 2.65 bits per heavy atom. The van der Waals surface area contributed by atoms with E-state index in [1.807, 2.05) is 18.2 Å². The fourth-order valence-electron chi connectivity index (χ4n) is 2.64. The summed E-state index contributed by atoms with van der Waals surface area (Å²) < 4.78 is 6.95. The topological polar surface area (TPSA) is 9.23 Å². The van der Waals surface area contributed by atoms with Crippen molar-refractivity contribution in [2.45, 2.75) is 31.2 Å². The van der Waals surface area contributed by atoms with Gasteiger partial charge in [0.05, 0.1) is 5.38 Å². The van der Waals surface area contributed by atoms with E-state index in [0.29, 0.717) is 0 Å². The van der Waals surface area contributed by atoms with Crippen LogP contribution in [0, 0.1) is 0 Å². The van der Waals surface area contributed by atoms with Gasteiger partial charge in [0.2, 0.25) is 0 Å². The maximum Gasteiger partial charge on any atom is 0.123 e. The van der Waals surface area contributed by atoms with E-state index < -0.39 is 0 Å². The minimum absolute atomic E-state index is 0.113. The van der Waals surface area contributed by atoms with Gasteiger partial charge in [-0.1, -0.05) is 40.2 Å². The van der Waals surface area contributed by atoms with Crippen LogP contribution in [0.5, 0.6) is 5.75 Å². The average molecular weight is 352 g/mol. The number of ether oxygens (including phenoxy) is 1. The molecule has 3 heteroatoms. The van der Waals surface area contributed by atoms with E-state index in [2.05, 4.69) is 54.0 Å². The molecule has 0 amide bonds. The van der Waals surface area contributed by atoms with Crippen LogP contribution in [-0.2, 0) is 6.42 Å². The number of benzene rings is 2. The van der Waals surface area contributed by atoms with Gasteiger partial charge in [-0.05, 0) is 48.7 Å². The highest BCUT2D eigenvalue weighted by atomic mass is 79.9. The monoisotopic (exact) mass is 350 g/mol. The highest BCUT2D eigenvalue weighted by Crippen LogP contribution is 2.38. The van der Waals surface area contributed by atoms with Crippen molar-refractivity contribution in [3.63, 3.8) is 0 Å². The van der Waals surface area contributed by atoms with Gasteiger partial charge < -0.3 is 4.74 Å². The van der Waals surface area contributed by atoms with Gasteiger partial charge in [0.25, 0.3) is 0 Å². The Morgan fingerprint density at radius 2 is 1.90 bits per heavy atom. The lowest BCUT2D eigenvalue weighted by atomic mass is 9.97. The summed E-state index contributed by atoms with van der Waals surface area (Å²) in [7, 11) is 0. The molecule has 0 aliphatic carbocycles. The van der Waals surface area contributed by atoms with Crippen molar-refractivity contribution >= 4 is 27.5 Å². The molecule has 0 aromatic heterocycles. The summed E-state index contributed by atoms with van der Waals surface area (Å²) in [5, 5.41) is -0.137. The summed E-state index contributed by atoms with van der Waals surface area (Å²) in [5.74, 6) is 0.983. The van der Waals surface area contributed by atoms with Gasteiger partial charge in [0.15, 0.2) is 0 Å². The lowest BCUT2D eigenvalue weighted by Gasteiger charge is -2.16. The molecule has 1 unspecified atom stereocenters. The van der Waals surface area contributed by atoms with Gasteiger partial charge in [-0.15, -0.1) is 11.6 Å². The fraction of sp³-hybridized carbons (Fsp3) is 0.294. The lowest BCUT2D eigenvalue weighted by molar-refractivity contribution is 0.138. The van der Waals surface area contributed by atoms with Crippen molar-refractivity contribution in [3.05, 3.63) is 63.6 Å². The molecule has 0 fully saturated rings. The third-order valence-electron chi connectivity index (χ3n) is 3.52. The van der Waals surface area contributed by atoms with E-state index >= 15 is 0 Å². The number of fused-ring (bicyclic) bond motifs is 1. The molecule has 2 aromatic carbocycles. The summed E-state index contributed by atoms with van der Waals surface area (Å²) in [6, 6.07) is 14.4. The first-order valence-corrected chi connectivity index (χ1v) is 7.89. The Labute approximate surface area is 133 Å². The van der Waals surface area contributed by atoms with E-state index in [9.17, 15) is 0 Å². The third-order valence-corrected chi connectivity index (χ3v) is 4.52. The maximum atomic E-state index is 6.61. The summed E-state index contributed by atoms with van der Waals surface area (Å²) in [6.45, 7) is 4.22. The first kappa shape index (κ1) is 14.0. The molecule has 0 saturated carbocycles. The Kier molecular flexibility index (Phi) is 3.55. The molecule has 0 bridgehead atoms. The van der Waals surface area contributed by atoms with E-state index in [1.54, 1.807) is 0 Å². The van der Waals surface area contributed by atoms with E-state index in [-0.39, 0.29) is 11.0 Å². The average Bonchev–Trinajstić information content (AvgIpc) is 2.70. The molecule has 1 heterocycles. The Bertz CT molecular complexity index is 651. The molecule has 1 nitrogen and oxygen atoms in total. The minimum Gasteiger partial charge on any atom is -0.487 e. The minimum atomic E-state index is -0.137. The van der Waals surface area contributed by atoms with Crippen LogP contribution in [0.4, 0.5) is 0 Å². The van der Waals surface area contributed by atoms with E-state index in [4.69, 9.17) is 16.3 Å². The zero-order chi connectivity index (χ0) is 14.3. The van der Waals surface area contributed by atoms with Gasteiger partial charge >= 0.3 is 0 Å². The Morgan fingerprint density at radius 1 is 1.15 bits per heavy atom. The molecule has 1 aliphatic rings. The van der Waals surface area contributed by atoms with Crippen LogP contribution in [0.2, 0.25) is 0 Å². The second-order valence-corrected chi connectivity index (χ2v) is 7.18. The molecule has 1 aliphatic heterocycles. The predicted octanol–water partition coefficient (Wildman–Crippen LogP) is 5.49. The first-order valence-electron chi connectivity index (χ1n) is 6.66. The summed E-state index contributed by atoms with van der Waals surface area (Å²) in [4.78, 5) is 0. The molecule has 20 heavy (non-hydrogen) atoms. The van der Waals surface area contributed by atoms with E-state index in [0.717, 1.165) is 27.8 Å². The van der Waals surface area contributed by atoms with Gasteiger partial charge in [-0.3, -0.25) is 0 Å². The van der Waals surface area contributed by atoms with Crippen molar-refractivity contribution in [2.75, 3.05) is 0 Å². The van der Waals surface area contributed by atoms with Crippen LogP contribution in [-0.4, -0.2) is 5.60 Å². The molecule has 0 spiro atoms. The number of hydrogen-bond acceptors (Lipinski definition) is 1. The largest absolute Gasteiger partial charge is 0.487 e. The van der Waals surface area contributed by atoms with Gasteiger partial charge in [0.1, 0.15) is 11.4 Å². The van der Waals surface area contributed by atoms with Crippen molar-refractivity contribution in [2.24, 2.45) is 0 Å². The highest BCUT2D eigenvalue weighted by molar-refractivity contribution is 9.10. The SMILES string of the molecule is CC1(C)Cc2cc(C(Cl)c3cccc(Br)c3)ccc2O1. The van der Waals surface area contributed by atoms with Crippen molar-refractivity contribution in [3.8, 4) is 5.75 Å². The summed E-state index contributed by atoms with van der Waals surface area (Å²) in [6.07, 6.45) is 0.929. The van der Waals surface area contributed by atoms with Crippen LogP contribution in [0.3, 0.4) is 0 Å². The molecule has 0 saturated heterocycles. The second-order valence-electron chi connectivity index (χ2n) is 5.82. The van der Waals surface area contributed by atoms with Crippen molar-refractivity contribution in [1.82, 2.24) is 0 Å². The van der Waals surface area contributed by atoms with Crippen LogP contribution in [0.1, 0.15) is 35.9 Å². The predicted molar refractivity (Wildman–Crippen MR) is 86.7 cm³/mol. The standard InChI is InChI=1S/C17H16BrClO/c1-17(2)10-13-8-12(6-7-15(13)20-17)16(19)11-4-3-5-14(18)9-11/h3-9,16H,10H2,1-2H3.